The van der Waals surface area contributed by atoms with Crippen LogP contribution < -0.4 is 5.73 Å². The van der Waals surface area contributed by atoms with Crippen LogP contribution in [0.3, 0.4) is 0 Å². The van der Waals surface area contributed by atoms with Gasteiger partial charge in [-0.05, 0) is 67.7 Å². The maximum absolute atomic E-state index is 12.7. The van der Waals surface area contributed by atoms with Gasteiger partial charge in [0.25, 0.3) is 5.91 Å². The first-order valence-electron chi connectivity index (χ1n) is 11.3. The lowest BCUT2D eigenvalue weighted by Gasteiger charge is -2.28. The molecule has 2 N–H and O–H groups in total. The molecular formula is C27H41N3O2. The lowest BCUT2D eigenvalue weighted by Crippen LogP contribution is -2.30. The molecule has 1 aliphatic heterocycles. The van der Waals surface area contributed by atoms with Crippen molar-refractivity contribution in [2.45, 2.75) is 48.0 Å². The molecule has 1 fully saturated rings. The van der Waals surface area contributed by atoms with E-state index in [0.29, 0.717) is 13.1 Å². The molecule has 5 nitrogen and oxygen atoms in total. The van der Waals surface area contributed by atoms with Crippen molar-refractivity contribution in [1.29, 1.82) is 0 Å². The number of amides is 1. The Morgan fingerprint density at radius 2 is 1.53 bits per heavy atom. The van der Waals surface area contributed by atoms with Gasteiger partial charge in [0, 0.05) is 37.4 Å². The van der Waals surface area contributed by atoms with Gasteiger partial charge in [-0.2, -0.15) is 5.06 Å². The molecule has 0 radical (unpaired) electrons. The summed E-state index contributed by atoms with van der Waals surface area (Å²) >= 11 is 0. The number of nitrogens with two attached hydrogens (primary N) is 1. The minimum Gasteiger partial charge on any atom is -0.399 e. The van der Waals surface area contributed by atoms with Crippen LogP contribution in [0, 0.1) is 0 Å². The fraction of sp³-hybridized carbons (Fsp3) is 0.444. The second-order valence-electron chi connectivity index (χ2n) is 7.27. The number of anilines is 1. The third-order valence-corrected chi connectivity index (χ3v) is 5.58. The van der Waals surface area contributed by atoms with Gasteiger partial charge in [-0.25, -0.2) is 0 Å². The van der Waals surface area contributed by atoms with Crippen LogP contribution in [-0.2, 0) is 4.84 Å². The first-order valence-corrected chi connectivity index (χ1v) is 11.3. The number of nitrogens with zero attached hydrogens (tertiary/aromatic N) is 2. The Kier molecular flexibility index (Phi) is 11.7. The molecule has 2 aromatic carbocycles. The van der Waals surface area contributed by atoms with Gasteiger partial charge < -0.3 is 15.5 Å². The van der Waals surface area contributed by atoms with Gasteiger partial charge in [0.2, 0.25) is 0 Å². The van der Waals surface area contributed by atoms with Gasteiger partial charge in [-0.15, -0.1) is 0 Å². The largest absolute Gasteiger partial charge is 0.399 e. The third kappa shape index (κ3) is 6.68. The molecule has 1 saturated heterocycles. The van der Waals surface area contributed by atoms with Crippen molar-refractivity contribution >= 4 is 17.2 Å². The number of hydrogen-bond donors (Lipinski definition) is 1. The second kappa shape index (κ2) is 13.7. The summed E-state index contributed by atoms with van der Waals surface area (Å²) in [6.45, 7) is 11.2. The quantitative estimate of drug-likeness (QED) is 0.572. The predicted octanol–water partition coefficient (Wildman–Crippen LogP) is 5.87. The average molecular weight is 440 g/mol. The molecule has 0 aliphatic carbocycles. The Hall–Kier alpha value is -2.63. The number of nitrogen functional groups attached to an aromatic ring is 1. The van der Waals surface area contributed by atoms with Crippen molar-refractivity contribution in [2.75, 3.05) is 39.0 Å². The van der Waals surface area contributed by atoms with Crippen molar-refractivity contribution in [3.8, 4) is 0 Å². The predicted molar refractivity (Wildman–Crippen MR) is 136 cm³/mol. The molecule has 0 aromatic heterocycles. The Morgan fingerprint density at radius 3 is 2.03 bits per heavy atom. The van der Waals surface area contributed by atoms with Crippen LogP contribution >= 0.6 is 0 Å². The summed E-state index contributed by atoms with van der Waals surface area (Å²) in [5, 5.41) is 1.99. The van der Waals surface area contributed by atoms with Gasteiger partial charge in [0.05, 0.1) is 7.11 Å². The van der Waals surface area contributed by atoms with Crippen LogP contribution in [0.2, 0.25) is 0 Å². The van der Waals surface area contributed by atoms with E-state index < -0.39 is 0 Å². The number of hydroxylamine groups is 2. The van der Waals surface area contributed by atoms with Crippen LogP contribution in [-0.4, -0.2) is 49.2 Å². The monoisotopic (exact) mass is 439 g/mol. The normalized spacial score (nSPS) is 13.5. The van der Waals surface area contributed by atoms with E-state index >= 15 is 0 Å². The highest BCUT2D eigenvalue weighted by atomic mass is 16.7. The van der Waals surface area contributed by atoms with E-state index in [1.54, 1.807) is 7.11 Å². The van der Waals surface area contributed by atoms with Crippen molar-refractivity contribution < 1.29 is 9.63 Å². The molecule has 1 aliphatic rings. The minimum atomic E-state index is 0. The smallest absolute Gasteiger partial charge is 0.253 e. The highest BCUT2D eigenvalue weighted by molar-refractivity contribution is 5.95. The van der Waals surface area contributed by atoms with E-state index in [9.17, 15) is 4.79 Å². The van der Waals surface area contributed by atoms with E-state index in [2.05, 4.69) is 18.2 Å². The number of carbonyl (C=O) groups excluding carboxylic acids is 1. The van der Waals surface area contributed by atoms with Gasteiger partial charge in [-0.1, -0.05) is 51.1 Å². The van der Waals surface area contributed by atoms with Crippen molar-refractivity contribution in [3.63, 3.8) is 0 Å². The zero-order chi connectivity index (χ0) is 22.8. The number of carbonyl (C=O) groups is 1. The maximum atomic E-state index is 12.7. The molecule has 0 atom stereocenters. The Bertz CT molecular complexity index is 861. The third-order valence-electron chi connectivity index (χ3n) is 5.58. The van der Waals surface area contributed by atoms with Gasteiger partial charge in [-0.3, -0.25) is 4.79 Å². The molecular weight excluding hydrogens is 398 g/mol. The van der Waals surface area contributed by atoms with Crippen LogP contribution in [0.4, 0.5) is 5.69 Å². The maximum Gasteiger partial charge on any atom is 0.253 e. The highest BCUT2D eigenvalue weighted by Crippen LogP contribution is 2.33. The lowest BCUT2D eigenvalue weighted by atomic mass is 9.88. The van der Waals surface area contributed by atoms with Crippen molar-refractivity contribution in [1.82, 2.24) is 9.96 Å². The number of benzene rings is 2. The Morgan fingerprint density at radius 1 is 0.969 bits per heavy atom. The fourth-order valence-corrected chi connectivity index (χ4v) is 3.93. The first-order chi connectivity index (χ1) is 15.1. The molecule has 0 saturated carbocycles. The molecule has 32 heavy (non-hydrogen) atoms. The minimum absolute atomic E-state index is 0. The Labute approximate surface area is 194 Å². The second-order valence-corrected chi connectivity index (χ2v) is 7.27. The number of piperidine rings is 1. The SMILES string of the molecule is C.CC.CCN(CC)C(=O)c1ccc(C(=C2CCN(OC)CC2)c2cccc(N)c2)cc1. The van der Waals surface area contributed by atoms with Crippen molar-refractivity contribution in [3.05, 3.63) is 70.8 Å². The zero-order valence-corrected chi connectivity index (χ0v) is 19.6. The molecule has 1 amide bonds. The molecule has 3 rings (SSSR count). The summed E-state index contributed by atoms with van der Waals surface area (Å²) in [5.41, 5.74) is 12.4. The summed E-state index contributed by atoms with van der Waals surface area (Å²) < 4.78 is 0. The summed E-state index contributed by atoms with van der Waals surface area (Å²) in [5.74, 6) is 0.0770. The van der Waals surface area contributed by atoms with Gasteiger partial charge >= 0.3 is 0 Å². The van der Waals surface area contributed by atoms with Crippen LogP contribution in [0.5, 0.6) is 0 Å². The van der Waals surface area contributed by atoms with Crippen LogP contribution in [0.15, 0.2) is 54.1 Å². The summed E-state index contributed by atoms with van der Waals surface area (Å²) in [7, 11) is 1.72. The summed E-state index contributed by atoms with van der Waals surface area (Å²) in [6, 6.07) is 16.0. The molecule has 176 valence electrons. The molecule has 0 spiro atoms. The molecule has 0 unspecified atom stereocenters. The Balaban J connectivity index is 0.00000166. The molecule has 2 aromatic rings. The summed E-state index contributed by atoms with van der Waals surface area (Å²) in [6.07, 6.45) is 1.89. The molecule has 0 bridgehead atoms. The average Bonchev–Trinajstić information content (AvgIpc) is 2.82. The highest BCUT2D eigenvalue weighted by Gasteiger charge is 2.20. The molecule has 1 heterocycles. The lowest BCUT2D eigenvalue weighted by molar-refractivity contribution is -0.135. The van der Waals surface area contributed by atoms with Crippen LogP contribution in [0.1, 0.15) is 69.4 Å². The zero-order valence-electron chi connectivity index (χ0n) is 19.6. The van der Waals surface area contributed by atoms with E-state index in [4.69, 9.17) is 10.6 Å². The number of rotatable bonds is 6. The van der Waals surface area contributed by atoms with Gasteiger partial charge in [0.1, 0.15) is 0 Å². The van der Waals surface area contributed by atoms with Crippen molar-refractivity contribution in [2.24, 2.45) is 0 Å². The standard InChI is InChI=1S/C24H31N3O2.C2H6.CH4/c1-4-26(5-2)24(28)20-11-9-18(10-12-20)23(21-7-6-8-22(25)17-21)19-13-15-27(29-3)16-14-19;1-2;/h6-12,17H,4-5,13-16,25H2,1-3H3;1-2H3;1H4. The van der Waals surface area contributed by atoms with E-state index in [1.165, 1.54) is 11.1 Å². The summed E-state index contributed by atoms with van der Waals surface area (Å²) in [4.78, 5) is 19.9. The van der Waals surface area contributed by atoms with E-state index in [1.807, 2.05) is 68.0 Å². The number of hydrogen-bond acceptors (Lipinski definition) is 4. The topological polar surface area (TPSA) is 58.8 Å². The van der Waals surface area contributed by atoms with Crippen LogP contribution in [0.25, 0.3) is 5.57 Å². The fourth-order valence-electron chi connectivity index (χ4n) is 3.93. The first kappa shape index (κ1) is 27.4. The molecule has 5 heteroatoms. The van der Waals surface area contributed by atoms with Gasteiger partial charge in [0.15, 0.2) is 0 Å². The van der Waals surface area contributed by atoms with E-state index in [-0.39, 0.29) is 13.3 Å². The van der Waals surface area contributed by atoms with E-state index in [0.717, 1.165) is 48.3 Å².